The molecule has 0 fully saturated rings. The van der Waals surface area contributed by atoms with Crippen LogP contribution in [0.2, 0.25) is 0 Å². The standard InChI is InChI=1S/C16H17NO2/c1-10-6-11(2)8-13(7-10)17-16(19)15-5-4-14(18)9-12(15)3/h4-9,18H,1-3H3,(H,17,19). The lowest BCUT2D eigenvalue weighted by atomic mass is 10.1. The predicted molar refractivity (Wildman–Crippen MR) is 76.7 cm³/mol. The van der Waals surface area contributed by atoms with E-state index in [1.54, 1.807) is 19.1 Å². The summed E-state index contributed by atoms with van der Waals surface area (Å²) < 4.78 is 0. The molecule has 0 spiro atoms. The molecule has 1 amide bonds. The van der Waals surface area contributed by atoms with Crippen LogP contribution in [-0.2, 0) is 0 Å². The van der Waals surface area contributed by atoms with Crippen molar-refractivity contribution in [1.29, 1.82) is 0 Å². The highest BCUT2D eigenvalue weighted by Crippen LogP contribution is 2.19. The minimum Gasteiger partial charge on any atom is -0.508 e. The van der Waals surface area contributed by atoms with Crippen molar-refractivity contribution >= 4 is 11.6 Å². The van der Waals surface area contributed by atoms with Crippen molar-refractivity contribution < 1.29 is 9.90 Å². The maximum atomic E-state index is 12.2. The average Bonchev–Trinajstić information content (AvgIpc) is 2.26. The SMILES string of the molecule is Cc1cc(C)cc(NC(=O)c2ccc(O)cc2C)c1. The Hall–Kier alpha value is -2.29. The number of rotatable bonds is 2. The van der Waals surface area contributed by atoms with E-state index in [1.165, 1.54) is 6.07 Å². The third-order valence-electron chi connectivity index (χ3n) is 2.93. The van der Waals surface area contributed by atoms with E-state index in [2.05, 4.69) is 11.4 Å². The van der Waals surface area contributed by atoms with E-state index < -0.39 is 0 Å². The molecular weight excluding hydrogens is 238 g/mol. The van der Waals surface area contributed by atoms with Gasteiger partial charge in [-0.1, -0.05) is 6.07 Å². The molecule has 98 valence electrons. The number of phenolic OH excluding ortho intramolecular Hbond substituents is 1. The quantitative estimate of drug-likeness (QED) is 0.861. The van der Waals surface area contributed by atoms with Gasteiger partial charge in [0, 0.05) is 11.3 Å². The molecule has 0 saturated heterocycles. The van der Waals surface area contributed by atoms with Crippen LogP contribution in [0.25, 0.3) is 0 Å². The summed E-state index contributed by atoms with van der Waals surface area (Å²) in [7, 11) is 0. The first-order valence-electron chi connectivity index (χ1n) is 6.15. The minimum atomic E-state index is -0.164. The molecule has 0 radical (unpaired) electrons. The highest BCUT2D eigenvalue weighted by atomic mass is 16.3. The van der Waals surface area contributed by atoms with Gasteiger partial charge in [0.1, 0.15) is 5.75 Å². The highest BCUT2D eigenvalue weighted by Gasteiger charge is 2.10. The number of anilines is 1. The second-order valence-electron chi connectivity index (χ2n) is 4.83. The molecule has 0 saturated carbocycles. The molecule has 2 aromatic carbocycles. The van der Waals surface area contributed by atoms with Crippen LogP contribution in [0, 0.1) is 20.8 Å². The summed E-state index contributed by atoms with van der Waals surface area (Å²) >= 11 is 0. The third-order valence-corrected chi connectivity index (χ3v) is 2.93. The van der Waals surface area contributed by atoms with E-state index in [-0.39, 0.29) is 11.7 Å². The van der Waals surface area contributed by atoms with Gasteiger partial charge in [-0.05, 0) is 67.8 Å². The topological polar surface area (TPSA) is 49.3 Å². The molecular formula is C16H17NO2. The Labute approximate surface area is 112 Å². The van der Waals surface area contributed by atoms with Crippen LogP contribution in [-0.4, -0.2) is 11.0 Å². The van der Waals surface area contributed by atoms with Crippen molar-refractivity contribution in [2.75, 3.05) is 5.32 Å². The van der Waals surface area contributed by atoms with Gasteiger partial charge in [-0.25, -0.2) is 0 Å². The molecule has 2 N–H and O–H groups in total. The molecule has 19 heavy (non-hydrogen) atoms. The second-order valence-corrected chi connectivity index (χ2v) is 4.83. The molecule has 0 unspecified atom stereocenters. The highest BCUT2D eigenvalue weighted by molar-refractivity contribution is 6.05. The lowest BCUT2D eigenvalue weighted by molar-refractivity contribution is 0.102. The van der Waals surface area contributed by atoms with Crippen LogP contribution in [0.5, 0.6) is 5.75 Å². The largest absolute Gasteiger partial charge is 0.508 e. The number of hydrogen-bond donors (Lipinski definition) is 2. The number of benzene rings is 2. The van der Waals surface area contributed by atoms with Gasteiger partial charge < -0.3 is 10.4 Å². The Morgan fingerprint density at radius 3 is 2.21 bits per heavy atom. The monoisotopic (exact) mass is 255 g/mol. The molecule has 0 atom stereocenters. The summed E-state index contributed by atoms with van der Waals surface area (Å²) in [5, 5.41) is 12.2. The van der Waals surface area contributed by atoms with Gasteiger partial charge >= 0.3 is 0 Å². The maximum absolute atomic E-state index is 12.2. The van der Waals surface area contributed by atoms with Crippen molar-refractivity contribution in [3.05, 3.63) is 58.7 Å². The average molecular weight is 255 g/mol. The minimum absolute atomic E-state index is 0.164. The smallest absolute Gasteiger partial charge is 0.255 e. The van der Waals surface area contributed by atoms with E-state index in [1.807, 2.05) is 26.0 Å². The third kappa shape index (κ3) is 3.13. The van der Waals surface area contributed by atoms with Crippen LogP contribution in [0.15, 0.2) is 36.4 Å². The molecule has 2 rings (SSSR count). The zero-order chi connectivity index (χ0) is 14.0. The van der Waals surface area contributed by atoms with Crippen molar-refractivity contribution in [3.8, 4) is 5.75 Å². The molecule has 0 aliphatic rings. The molecule has 0 bridgehead atoms. The van der Waals surface area contributed by atoms with Crippen LogP contribution in [0.4, 0.5) is 5.69 Å². The summed E-state index contributed by atoms with van der Waals surface area (Å²) in [5.41, 5.74) is 4.32. The summed E-state index contributed by atoms with van der Waals surface area (Å²) in [6.45, 7) is 5.79. The molecule has 0 aliphatic heterocycles. The Bertz CT molecular complexity index is 612. The van der Waals surface area contributed by atoms with E-state index in [9.17, 15) is 9.90 Å². The van der Waals surface area contributed by atoms with E-state index in [0.717, 1.165) is 22.4 Å². The van der Waals surface area contributed by atoms with Crippen LogP contribution in [0.3, 0.4) is 0 Å². The Balaban J connectivity index is 2.25. The summed E-state index contributed by atoms with van der Waals surface area (Å²) in [5.74, 6) is 0.00273. The van der Waals surface area contributed by atoms with Crippen molar-refractivity contribution in [3.63, 3.8) is 0 Å². The van der Waals surface area contributed by atoms with Crippen molar-refractivity contribution in [2.24, 2.45) is 0 Å². The molecule has 0 aromatic heterocycles. The van der Waals surface area contributed by atoms with E-state index in [4.69, 9.17) is 0 Å². The summed E-state index contributed by atoms with van der Waals surface area (Å²) in [4.78, 5) is 12.2. The Kier molecular flexibility index (Phi) is 3.56. The molecule has 0 aliphatic carbocycles. The summed E-state index contributed by atoms with van der Waals surface area (Å²) in [6.07, 6.45) is 0. The molecule has 3 heteroatoms. The summed E-state index contributed by atoms with van der Waals surface area (Å²) in [6, 6.07) is 10.6. The van der Waals surface area contributed by atoms with Crippen molar-refractivity contribution in [1.82, 2.24) is 0 Å². The number of carbonyl (C=O) groups is 1. The fourth-order valence-electron chi connectivity index (χ4n) is 2.15. The fraction of sp³-hybridized carbons (Fsp3) is 0.188. The maximum Gasteiger partial charge on any atom is 0.255 e. The normalized spacial score (nSPS) is 10.3. The molecule has 2 aromatic rings. The zero-order valence-electron chi connectivity index (χ0n) is 11.3. The van der Waals surface area contributed by atoms with Crippen molar-refractivity contribution in [2.45, 2.75) is 20.8 Å². The number of hydrogen-bond acceptors (Lipinski definition) is 2. The van der Waals surface area contributed by atoms with E-state index >= 15 is 0 Å². The molecule has 3 nitrogen and oxygen atoms in total. The number of aromatic hydroxyl groups is 1. The van der Waals surface area contributed by atoms with Gasteiger partial charge in [0.05, 0.1) is 0 Å². The van der Waals surface area contributed by atoms with Gasteiger partial charge in [0.2, 0.25) is 0 Å². The first-order valence-corrected chi connectivity index (χ1v) is 6.15. The van der Waals surface area contributed by atoms with Crippen LogP contribution >= 0.6 is 0 Å². The first-order chi connectivity index (χ1) is 8.95. The number of aryl methyl sites for hydroxylation is 3. The Morgan fingerprint density at radius 2 is 1.63 bits per heavy atom. The Morgan fingerprint density at radius 1 is 1.00 bits per heavy atom. The predicted octanol–water partition coefficient (Wildman–Crippen LogP) is 3.57. The zero-order valence-corrected chi connectivity index (χ0v) is 11.3. The number of carbonyl (C=O) groups excluding carboxylic acids is 1. The van der Waals surface area contributed by atoms with Gasteiger partial charge in [-0.15, -0.1) is 0 Å². The second kappa shape index (κ2) is 5.14. The van der Waals surface area contributed by atoms with Gasteiger partial charge in [0.15, 0.2) is 0 Å². The molecule has 0 heterocycles. The first kappa shape index (κ1) is 13.1. The van der Waals surface area contributed by atoms with Gasteiger partial charge in [-0.3, -0.25) is 4.79 Å². The van der Waals surface area contributed by atoms with E-state index in [0.29, 0.717) is 5.56 Å². The number of amides is 1. The van der Waals surface area contributed by atoms with Crippen LogP contribution in [0.1, 0.15) is 27.0 Å². The van der Waals surface area contributed by atoms with Crippen LogP contribution < -0.4 is 5.32 Å². The lowest BCUT2D eigenvalue weighted by Gasteiger charge is -2.09. The number of nitrogens with one attached hydrogen (secondary N) is 1. The van der Waals surface area contributed by atoms with Gasteiger partial charge in [-0.2, -0.15) is 0 Å². The lowest BCUT2D eigenvalue weighted by Crippen LogP contribution is -2.13. The number of phenols is 1. The fourth-order valence-corrected chi connectivity index (χ4v) is 2.15. The van der Waals surface area contributed by atoms with Gasteiger partial charge in [0.25, 0.3) is 5.91 Å².